The van der Waals surface area contributed by atoms with Gasteiger partial charge in [0.25, 0.3) is 5.91 Å². The number of aryl methyl sites for hydroxylation is 1. The van der Waals surface area contributed by atoms with Gasteiger partial charge < -0.3 is 5.32 Å². The minimum absolute atomic E-state index is 0.262. The molecule has 1 heterocycles. The summed E-state index contributed by atoms with van der Waals surface area (Å²) in [7, 11) is 0. The zero-order chi connectivity index (χ0) is 16.9. The number of nitrogens with one attached hydrogen (secondary N) is 1. The lowest BCUT2D eigenvalue weighted by atomic mass is 10.1. The van der Waals surface area contributed by atoms with Crippen molar-refractivity contribution in [1.29, 1.82) is 5.26 Å². The summed E-state index contributed by atoms with van der Waals surface area (Å²) in [5.74, 6) is -0.262. The van der Waals surface area contributed by atoms with Gasteiger partial charge in [0, 0.05) is 11.8 Å². The van der Waals surface area contributed by atoms with E-state index in [9.17, 15) is 4.79 Å². The highest BCUT2D eigenvalue weighted by molar-refractivity contribution is 6.04. The molecular formula is C19H16N4O. The molecule has 5 heteroatoms. The molecule has 1 aromatic heterocycles. The molecule has 0 bridgehead atoms. The summed E-state index contributed by atoms with van der Waals surface area (Å²) in [6.07, 6.45) is 3.40. The maximum atomic E-state index is 12.2. The molecule has 0 radical (unpaired) electrons. The van der Waals surface area contributed by atoms with Crippen molar-refractivity contribution < 1.29 is 4.79 Å². The summed E-state index contributed by atoms with van der Waals surface area (Å²) in [5, 5.41) is 16.0. The largest absolute Gasteiger partial charge is 0.319 e. The van der Waals surface area contributed by atoms with Crippen LogP contribution in [0.2, 0.25) is 0 Å². The number of hydrogen-bond donors (Lipinski definition) is 1. The third-order valence-corrected chi connectivity index (χ3v) is 3.57. The van der Waals surface area contributed by atoms with Gasteiger partial charge in [-0.15, -0.1) is 0 Å². The number of rotatable bonds is 4. The summed E-state index contributed by atoms with van der Waals surface area (Å²) in [6, 6.07) is 16.8. The first-order valence-corrected chi connectivity index (χ1v) is 7.53. The highest BCUT2D eigenvalue weighted by atomic mass is 16.1. The van der Waals surface area contributed by atoms with E-state index in [-0.39, 0.29) is 5.91 Å². The molecule has 0 spiro atoms. The van der Waals surface area contributed by atoms with Gasteiger partial charge in [0.1, 0.15) is 0 Å². The van der Waals surface area contributed by atoms with E-state index < -0.39 is 0 Å². The van der Waals surface area contributed by atoms with Crippen LogP contribution in [0.3, 0.4) is 0 Å². The van der Waals surface area contributed by atoms with Crippen molar-refractivity contribution in [1.82, 2.24) is 9.78 Å². The van der Waals surface area contributed by atoms with Crippen molar-refractivity contribution in [2.75, 3.05) is 5.32 Å². The van der Waals surface area contributed by atoms with Gasteiger partial charge in [0.05, 0.1) is 30.1 Å². The normalized spacial score (nSPS) is 10.2. The van der Waals surface area contributed by atoms with E-state index in [4.69, 9.17) is 5.26 Å². The maximum absolute atomic E-state index is 12.2. The van der Waals surface area contributed by atoms with E-state index in [1.165, 1.54) is 5.56 Å². The summed E-state index contributed by atoms with van der Waals surface area (Å²) >= 11 is 0. The molecule has 0 aliphatic rings. The molecule has 24 heavy (non-hydrogen) atoms. The second-order valence-electron chi connectivity index (χ2n) is 5.56. The Morgan fingerprint density at radius 1 is 1.25 bits per heavy atom. The number of benzene rings is 2. The molecule has 0 aliphatic heterocycles. The van der Waals surface area contributed by atoms with Gasteiger partial charge in [-0.25, -0.2) is 0 Å². The Labute approximate surface area is 140 Å². The molecule has 1 amide bonds. The minimum atomic E-state index is -0.262. The van der Waals surface area contributed by atoms with Crippen LogP contribution in [0.15, 0.2) is 60.9 Å². The summed E-state index contributed by atoms with van der Waals surface area (Å²) in [4.78, 5) is 12.2. The number of amides is 1. The molecule has 0 unspecified atom stereocenters. The van der Waals surface area contributed by atoms with Crippen molar-refractivity contribution in [2.45, 2.75) is 13.5 Å². The summed E-state index contributed by atoms with van der Waals surface area (Å²) < 4.78 is 1.77. The highest BCUT2D eigenvalue weighted by Crippen LogP contribution is 2.12. The monoisotopic (exact) mass is 316 g/mol. The zero-order valence-corrected chi connectivity index (χ0v) is 13.2. The van der Waals surface area contributed by atoms with Crippen LogP contribution in [0.4, 0.5) is 5.69 Å². The smallest absolute Gasteiger partial charge is 0.255 e. The first kappa shape index (κ1) is 15.5. The fourth-order valence-corrected chi connectivity index (χ4v) is 2.45. The molecule has 0 fully saturated rings. The van der Waals surface area contributed by atoms with Crippen LogP contribution in [0.25, 0.3) is 0 Å². The predicted molar refractivity (Wildman–Crippen MR) is 91.6 cm³/mol. The Morgan fingerprint density at radius 3 is 2.88 bits per heavy atom. The van der Waals surface area contributed by atoms with Crippen molar-refractivity contribution in [2.24, 2.45) is 0 Å². The standard InChI is InChI=1S/C19H16N4O/c1-14-4-2-6-16(8-14)12-23-13-18(11-21-23)22-19(24)17-7-3-5-15(9-17)10-20/h2-9,11,13H,12H2,1H3,(H,22,24). The SMILES string of the molecule is Cc1cccc(Cn2cc(NC(=O)c3cccc(C#N)c3)cn2)c1. The molecular weight excluding hydrogens is 300 g/mol. The van der Waals surface area contributed by atoms with E-state index in [1.54, 1.807) is 41.3 Å². The number of aromatic nitrogens is 2. The van der Waals surface area contributed by atoms with Crippen molar-refractivity contribution in [3.63, 3.8) is 0 Å². The van der Waals surface area contributed by atoms with Crippen LogP contribution in [0.1, 0.15) is 27.0 Å². The van der Waals surface area contributed by atoms with Crippen LogP contribution >= 0.6 is 0 Å². The number of carbonyl (C=O) groups excluding carboxylic acids is 1. The van der Waals surface area contributed by atoms with Crippen molar-refractivity contribution >= 4 is 11.6 Å². The first-order chi connectivity index (χ1) is 11.6. The van der Waals surface area contributed by atoms with E-state index in [2.05, 4.69) is 16.5 Å². The van der Waals surface area contributed by atoms with Gasteiger partial charge in [-0.2, -0.15) is 10.4 Å². The Hall–Kier alpha value is -3.39. The first-order valence-electron chi connectivity index (χ1n) is 7.53. The fourth-order valence-electron chi connectivity index (χ4n) is 2.45. The molecule has 5 nitrogen and oxygen atoms in total. The third-order valence-electron chi connectivity index (χ3n) is 3.57. The Balaban J connectivity index is 1.69. The molecule has 1 N–H and O–H groups in total. The predicted octanol–water partition coefficient (Wildman–Crippen LogP) is 3.36. The van der Waals surface area contributed by atoms with E-state index in [1.807, 2.05) is 31.2 Å². The van der Waals surface area contributed by atoms with Gasteiger partial charge in [-0.3, -0.25) is 9.48 Å². The average Bonchev–Trinajstić information content (AvgIpc) is 3.01. The number of anilines is 1. The molecule has 118 valence electrons. The average molecular weight is 316 g/mol. The van der Waals surface area contributed by atoms with Crippen LogP contribution in [-0.2, 0) is 6.54 Å². The van der Waals surface area contributed by atoms with Crippen LogP contribution in [0, 0.1) is 18.3 Å². The van der Waals surface area contributed by atoms with Gasteiger partial charge in [0.2, 0.25) is 0 Å². The molecule has 0 atom stereocenters. The van der Waals surface area contributed by atoms with Gasteiger partial charge >= 0.3 is 0 Å². The lowest BCUT2D eigenvalue weighted by Crippen LogP contribution is -2.11. The zero-order valence-electron chi connectivity index (χ0n) is 13.2. The number of nitrogens with zero attached hydrogens (tertiary/aromatic N) is 3. The molecule has 3 rings (SSSR count). The highest BCUT2D eigenvalue weighted by Gasteiger charge is 2.08. The van der Waals surface area contributed by atoms with E-state index in [0.717, 1.165) is 5.56 Å². The van der Waals surface area contributed by atoms with E-state index >= 15 is 0 Å². The van der Waals surface area contributed by atoms with Gasteiger partial charge in [-0.05, 0) is 30.7 Å². The lowest BCUT2D eigenvalue weighted by Gasteiger charge is -2.04. The fraction of sp³-hybridized carbons (Fsp3) is 0.105. The summed E-state index contributed by atoms with van der Waals surface area (Å²) in [5.41, 5.74) is 3.87. The molecule has 0 saturated carbocycles. The third kappa shape index (κ3) is 3.68. The maximum Gasteiger partial charge on any atom is 0.255 e. The topological polar surface area (TPSA) is 70.7 Å². The van der Waals surface area contributed by atoms with E-state index in [0.29, 0.717) is 23.4 Å². The Kier molecular flexibility index (Phi) is 4.39. The number of hydrogen-bond acceptors (Lipinski definition) is 3. The second kappa shape index (κ2) is 6.80. The Morgan fingerprint density at radius 2 is 2.08 bits per heavy atom. The second-order valence-corrected chi connectivity index (χ2v) is 5.56. The molecule has 3 aromatic rings. The van der Waals surface area contributed by atoms with Crippen LogP contribution < -0.4 is 5.32 Å². The molecule has 0 aliphatic carbocycles. The van der Waals surface area contributed by atoms with Crippen molar-refractivity contribution in [3.05, 3.63) is 83.2 Å². The van der Waals surface area contributed by atoms with Crippen molar-refractivity contribution in [3.8, 4) is 6.07 Å². The van der Waals surface area contributed by atoms with Crippen LogP contribution in [0.5, 0.6) is 0 Å². The number of nitriles is 1. The molecule has 2 aromatic carbocycles. The summed E-state index contributed by atoms with van der Waals surface area (Å²) in [6.45, 7) is 2.69. The molecule has 0 saturated heterocycles. The minimum Gasteiger partial charge on any atom is -0.319 e. The number of carbonyl (C=O) groups is 1. The van der Waals surface area contributed by atoms with Gasteiger partial charge in [0.15, 0.2) is 0 Å². The van der Waals surface area contributed by atoms with Crippen LogP contribution in [-0.4, -0.2) is 15.7 Å². The quantitative estimate of drug-likeness (QED) is 0.802. The van der Waals surface area contributed by atoms with Gasteiger partial charge in [-0.1, -0.05) is 35.9 Å². The lowest BCUT2D eigenvalue weighted by molar-refractivity contribution is 0.102. The Bertz CT molecular complexity index is 921.